The van der Waals surface area contributed by atoms with Crippen LogP contribution < -0.4 is 4.90 Å². The zero-order valence-corrected chi connectivity index (χ0v) is 17.8. The molecular weight excluding hydrogens is 400 g/mol. The van der Waals surface area contributed by atoms with Crippen molar-refractivity contribution in [2.45, 2.75) is 11.8 Å². The molecule has 0 saturated carbocycles. The van der Waals surface area contributed by atoms with E-state index in [1.165, 1.54) is 24.4 Å². The standard InChI is InChI=1S/C23H22N2O4S/c1-17-4-12-21(13-5-17)30(27,28)29-23(26)22-16-19(14-15-24-22)7-6-18-8-10-20(11-9-18)25(2)3/h4-16H,1-3H3. The fraction of sp³-hybridized carbons (Fsp3) is 0.130. The molecule has 6 nitrogen and oxygen atoms in total. The van der Waals surface area contributed by atoms with Crippen molar-refractivity contribution < 1.29 is 17.4 Å². The molecule has 3 aromatic rings. The van der Waals surface area contributed by atoms with Crippen LogP contribution in [0.4, 0.5) is 5.69 Å². The number of hydrogen-bond donors (Lipinski definition) is 0. The summed E-state index contributed by atoms with van der Waals surface area (Å²) in [5.41, 5.74) is 3.59. The summed E-state index contributed by atoms with van der Waals surface area (Å²) in [7, 11) is -0.268. The molecule has 0 bridgehead atoms. The first kappa shape index (κ1) is 21.3. The molecule has 154 valence electrons. The molecule has 0 aliphatic carbocycles. The van der Waals surface area contributed by atoms with E-state index in [1.54, 1.807) is 18.2 Å². The first-order valence-electron chi connectivity index (χ1n) is 9.21. The summed E-state index contributed by atoms with van der Waals surface area (Å²) in [6.45, 7) is 1.84. The minimum absolute atomic E-state index is 0.0846. The summed E-state index contributed by atoms with van der Waals surface area (Å²) < 4.78 is 29.4. The summed E-state index contributed by atoms with van der Waals surface area (Å²) in [5, 5.41) is 0. The van der Waals surface area contributed by atoms with E-state index >= 15 is 0 Å². The molecule has 0 spiro atoms. The fourth-order valence-electron chi connectivity index (χ4n) is 2.63. The maximum Gasteiger partial charge on any atom is 0.372 e. The van der Waals surface area contributed by atoms with Gasteiger partial charge in [-0.15, -0.1) is 0 Å². The van der Waals surface area contributed by atoms with Gasteiger partial charge in [0.1, 0.15) is 10.6 Å². The average Bonchev–Trinajstić information content (AvgIpc) is 2.73. The monoisotopic (exact) mass is 422 g/mol. The molecule has 0 saturated heterocycles. The topological polar surface area (TPSA) is 76.6 Å². The molecule has 0 N–H and O–H groups in total. The number of hydrogen-bond acceptors (Lipinski definition) is 6. The van der Waals surface area contributed by atoms with Gasteiger partial charge in [0.2, 0.25) is 0 Å². The van der Waals surface area contributed by atoms with Gasteiger partial charge in [0, 0.05) is 26.0 Å². The van der Waals surface area contributed by atoms with Crippen LogP contribution in [0.1, 0.15) is 27.2 Å². The van der Waals surface area contributed by atoms with Gasteiger partial charge in [-0.05, 0) is 54.4 Å². The summed E-state index contributed by atoms with van der Waals surface area (Å²) >= 11 is 0. The smallest absolute Gasteiger partial charge is 0.372 e. The van der Waals surface area contributed by atoms with Gasteiger partial charge in [-0.3, -0.25) is 0 Å². The van der Waals surface area contributed by atoms with Crippen molar-refractivity contribution in [2.75, 3.05) is 19.0 Å². The van der Waals surface area contributed by atoms with Crippen LogP contribution in [0.25, 0.3) is 12.2 Å². The largest absolute Gasteiger partial charge is 0.378 e. The van der Waals surface area contributed by atoms with E-state index in [0.717, 1.165) is 16.8 Å². The zero-order chi connectivity index (χ0) is 21.7. The number of anilines is 1. The van der Waals surface area contributed by atoms with Crippen LogP contribution in [0.3, 0.4) is 0 Å². The van der Waals surface area contributed by atoms with Gasteiger partial charge in [0.15, 0.2) is 0 Å². The zero-order valence-electron chi connectivity index (χ0n) is 16.9. The third-order valence-electron chi connectivity index (χ3n) is 4.37. The maximum absolute atomic E-state index is 12.3. The van der Waals surface area contributed by atoms with Gasteiger partial charge in [-0.2, -0.15) is 8.42 Å². The summed E-state index contributed by atoms with van der Waals surface area (Å²) in [6.07, 6.45) is 5.15. The van der Waals surface area contributed by atoms with Crippen molar-refractivity contribution in [1.29, 1.82) is 0 Å². The molecule has 0 amide bonds. The van der Waals surface area contributed by atoms with E-state index in [-0.39, 0.29) is 10.6 Å². The van der Waals surface area contributed by atoms with Gasteiger partial charge in [0.05, 0.1) is 0 Å². The number of carbonyl (C=O) groups excluding carboxylic acids is 1. The van der Waals surface area contributed by atoms with Crippen LogP contribution in [0.5, 0.6) is 0 Å². The van der Waals surface area contributed by atoms with Crippen molar-refractivity contribution in [3.05, 3.63) is 89.2 Å². The lowest BCUT2D eigenvalue weighted by Crippen LogP contribution is -2.14. The van der Waals surface area contributed by atoms with Crippen LogP contribution >= 0.6 is 0 Å². The van der Waals surface area contributed by atoms with Crippen molar-refractivity contribution >= 4 is 33.9 Å². The lowest BCUT2D eigenvalue weighted by molar-refractivity contribution is 0.0740. The van der Waals surface area contributed by atoms with E-state index in [2.05, 4.69) is 4.98 Å². The Morgan fingerprint density at radius 3 is 2.20 bits per heavy atom. The number of pyridine rings is 1. The number of nitrogens with zero attached hydrogens (tertiary/aromatic N) is 2. The van der Waals surface area contributed by atoms with Crippen molar-refractivity contribution in [2.24, 2.45) is 0 Å². The van der Waals surface area contributed by atoms with Crippen LogP contribution in [-0.2, 0) is 14.3 Å². The van der Waals surface area contributed by atoms with E-state index in [1.807, 2.05) is 62.3 Å². The van der Waals surface area contributed by atoms with E-state index in [4.69, 9.17) is 4.18 Å². The number of carbonyl (C=O) groups is 1. The summed E-state index contributed by atoms with van der Waals surface area (Å²) in [5.74, 6) is -1.03. The van der Waals surface area contributed by atoms with E-state index in [9.17, 15) is 13.2 Å². The van der Waals surface area contributed by atoms with Gasteiger partial charge in [0.25, 0.3) is 0 Å². The highest BCUT2D eigenvalue weighted by Gasteiger charge is 2.22. The minimum Gasteiger partial charge on any atom is -0.378 e. The molecule has 0 radical (unpaired) electrons. The van der Waals surface area contributed by atoms with Gasteiger partial charge < -0.3 is 9.08 Å². The molecule has 7 heteroatoms. The summed E-state index contributed by atoms with van der Waals surface area (Å²) in [4.78, 5) is 18.2. The van der Waals surface area contributed by atoms with Crippen molar-refractivity contribution in [3.8, 4) is 0 Å². The van der Waals surface area contributed by atoms with Crippen LogP contribution in [-0.4, -0.2) is 33.5 Å². The Balaban J connectivity index is 1.74. The highest BCUT2D eigenvalue weighted by molar-refractivity contribution is 7.87. The van der Waals surface area contributed by atoms with Gasteiger partial charge in [-0.25, -0.2) is 9.78 Å². The fourth-order valence-corrected chi connectivity index (χ4v) is 3.48. The Labute approximate surface area is 176 Å². The SMILES string of the molecule is Cc1ccc(S(=O)(=O)OC(=O)c2cc(C=Cc3ccc(N(C)C)cc3)ccn2)cc1. The second-order valence-electron chi connectivity index (χ2n) is 6.93. The Morgan fingerprint density at radius 2 is 1.57 bits per heavy atom. The molecule has 0 atom stereocenters. The molecule has 1 heterocycles. The number of benzene rings is 2. The minimum atomic E-state index is -4.22. The molecule has 0 aliphatic rings. The Bertz CT molecular complexity index is 1170. The third-order valence-corrected chi connectivity index (χ3v) is 5.59. The molecule has 0 unspecified atom stereocenters. The van der Waals surface area contributed by atoms with Gasteiger partial charge >= 0.3 is 16.1 Å². The van der Waals surface area contributed by atoms with Crippen LogP contribution in [0, 0.1) is 6.92 Å². The Morgan fingerprint density at radius 1 is 0.933 bits per heavy atom. The second-order valence-corrected chi connectivity index (χ2v) is 8.48. The number of aromatic nitrogens is 1. The normalized spacial score (nSPS) is 11.4. The first-order valence-corrected chi connectivity index (χ1v) is 10.6. The van der Waals surface area contributed by atoms with E-state index < -0.39 is 16.1 Å². The van der Waals surface area contributed by atoms with Gasteiger partial charge in [-0.1, -0.05) is 42.0 Å². The Kier molecular flexibility index (Phi) is 6.32. The Hall–Kier alpha value is -3.45. The van der Waals surface area contributed by atoms with Crippen molar-refractivity contribution in [1.82, 2.24) is 4.98 Å². The molecular formula is C23H22N2O4S. The molecule has 1 aromatic heterocycles. The van der Waals surface area contributed by atoms with Crippen LogP contribution in [0.2, 0.25) is 0 Å². The molecule has 0 aliphatic heterocycles. The quantitative estimate of drug-likeness (QED) is 0.555. The second kappa shape index (κ2) is 8.92. The van der Waals surface area contributed by atoms with Crippen LogP contribution in [0.15, 0.2) is 71.8 Å². The third kappa shape index (κ3) is 5.33. The molecule has 30 heavy (non-hydrogen) atoms. The lowest BCUT2D eigenvalue weighted by atomic mass is 10.1. The molecule has 2 aromatic carbocycles. The average molecular weight is 423 g/mol. The highest BCUT2D eigenvalue weighted by Crippen LogP contribution is 2.17. The predicted molar refractivity (Wildman–Crippen MR) is 118 cm³/mol. The molecule has 0 fully saturated rings. The number of aryl methyl sites for hydroxylation is 1. The first-order chi connectivity index (χ1) is 14.2. The summed E-state index contributed by atoms with van der Waals surface area (Å²) in [6, 6.07) is 17.2. The number of rotatable bonds is 6. The van der Waals surface area contributed by atoms with Crippen molar-refractivity contribution in [3.63, 3.8) is 0 Å². The van der Waals surface area contributed by atoms with E-state index in [0.29, 0.717) is 5.56 Å². The lowest BCUT2D eigenvalue weighted by Gasteiger charge is -2.11. The highest BCUT2D eigenvalue weighted by atomic mass is 32.2. The predicted octanol–water partition coefficient (Wildman–Crippen LogP) is 4.17. The molecule has 3 rings (SSSR count). The maximum atomic E-state index is 12.3.